The molecule has 74 valence electrons. The van der Waals surface area contributed by atoms with Crippen LogP contribution in [-0.4, -0.2) is 17.7 Å². The molecule has 0 N–H and O–H groups in total. The number of carbonyl (C=O) groups is 1. The zero-order valence-electron chi connectivity index (χ0n) is 7.57. The molecule has 0 aliphatic carbocycles. The normalized spacial score (nSPS) is 15.5. The highest BCUT2D eigenvalue weighted by atomic mass is 35.5. The average molecular weight is 228 g/mol. The van der Waals surface area contributed by atoms with Gasteiger partial charge in [0.25, 0.3) is 5.24 Å². The Kier molecular flexibility index (Phi) is 2.99. The van der Waals surface area contributed by atoms with E-state index in [2.05, 4.69) is 6.07 Å². The molecule has 1 aromatic rings. The third-order valence-electron chi connectivity index (χ3n) is 2.16. The van der Waals surface area contributed by atoms with Crippen molar-refractivity contribution in [1.82, 2.24) is 0 Å². The number of hydrogen-bond donors (Lipinski definition) is 0. The number of amides is 1. The number of anilines is 1. The Morgan fingerprint density at radius 1 is 1.43 bits per heavy atom. The summed E-state index contributed by atoms with van der Waals surface area (Å²) >= 11 is 7.00. The molecule has 1 heterocycles. The number of nitrogens with zero attached hydrogens (tertiary/aromatic N) is 1. The Balaban J connectivity index is 2.36. The average Bonchev–Trinajstić information content (AvgIpc) is 2.23. The molecule has 0 bridgehead atoms. The molecule has 2 nitrogen and oxygen atoms in total. The lowest BCUT2D eigenvalue weighted by Gasteiger charge is -2.27. The van der Waals surface area contributed by atoms with Crippen LogP contribution in [0.25, 0.3) is 0 Å². The van der Waals surface area contributed by atoms with Crippen LogP contribution in [0.3, 0.4) is 0 Å². The lowest BCUT2D eigenvalue weighted by molar-refractivity contribution is 0.265. The second-order valence-corrected chi connectivity index (χ2v) is 4.33. The summed E-state index contributed by atoms with van der Waals surface area (Å²) in [7, 11) is 0. The van der Waals surface area contributed by atoms with Gasteiger partial charge in [0, 0.05) is 23.9 Å². The minimum atomic E-state index is 0.101. The van der Waals surface area contributed by atoms with Gasteiger partial charge in [-0.1, -0.05) is 30.0 Å². The van der Waals surface area contributed by atoms with Gasteiger partial charge in [0.05, 0.1) is 0 Å². The smallest absolute Gasteiger partial charge is 0.286 e. The van der Waals surface area contributed by atoms with Gasteiger partial charge in [-0.15, -0.1) is 11.6 Å². The SMILES string of the molecule is O=C1SCc2ccccc2N1CCCl. The summed E-state index contributed by atoms with van der Waals surface area (Å²) in [6, 6.07) is 7.97. The van der Waals surface area contributed by atoms with Crippen molar-refractivity contribution in [3.63, 3.8) is 0 Å². The van der Waals surface area contributed by atoms with Crippen molar-refractivity contribution in [1.29, 1.82) is 0 Å². The summed E-state index contributed by atoms with van der Waals surface area (Å²) < 4.78 is 0. The first-order chi connectivity index (χ1) is 6.83. The molecule has 1 aliphatic rings. The standard InChI is InChI=1S/C10H10ClNOS/c11-5-6-12-9-4-2-1-3-8(9)7-14-10(12)13/h1-4H,5-7H2. The Morgan fingerprint density at radius 3 is 3.00 bits per heavy atom. The van der Waals surface area contributed by atoms with Gasteiger partial charge in [-0.2, -0.15) is 0 Å². The molecule has 0 spiro atoms. The van der Waals surface area contributed by atoms with Gasteiger partial charge in [-0.05, 0) is 11.6 Å². The number of hydrogen-bond acceptors (Lipinski definition) is 2. The Labute approximate surface area is 92.2 Å². The number of halogens is 1. The lowest BCUT2D eigenvalue weighted by atomic mass is 10.2. The molecular weight excluding hydrogens is 218 g/mol. The fourth-order valence-corrected chi connectivity index (χ4v) is 2.55. The van der Waals surface area contributed by atoms with Crippen LogP contribution in [0.5, 0.6) is 0 Å². The molecule has 4 heteroatoms. The van der Waals surface area contributed by atoms with Crippen LogP contribution in [0.2, 0.25) is 0 Å². The largest absolute Gasteiger partial charge is 0.302 e. The minimum Gasteiger partial charge on any atom is -0.302 e. The van der Waals surface area contributed by atoms with Crippen molar-refractivity contribution in [3.05, 3.63) is 29.8 Å². The van der Waals surface area contributed by atoms with Crippen molar-refractivity contribution in [2.24, 2.45) is 0 Å². The van der Waals surface area contributed by atoms with E-state index in [1.807, 2.05) is 18.2 Å². The molecule has 0 radical (unpaired) electrons. The van der Waals surface area contributed by atoms with Crippen LogP contribution in [0.4, 0.5) is 10.5 Å². The molecular formula is C10H10ClNOS. The van der Waals surface area contributed by atoms with Gasteiger partial charge in [0.15, 0.2) is 0 Å². The third-order valence-corrected chi connectivity index (χ3v) is 3.25. The highest BCUT2D eigenvalue weighted by molar-refractivity contribution is 8.13. The number of carbonyl (C=O) groups excluding carboxylic acids is 1. The number of benzene rings is 1. The summed E-state index contributed by atoms with van der Waals surface area (Å²) in [6.45, 7) is 0.588. The van der Waals surface area contributed by atoms with Crippen molar-refractivity contribution in [2.45, 2.75) is 5.75 Å². The van der Waals surface area contributed by atoms with Crippen LogP contribution in [0.1, 0.15) is 5.56 Å². The van der Waals surface area contributed by atoms with E-state index >= 15 is 0 Å². The predicted molar refractivity (Wildman–Crippen MR) is 61.2 cm³/mol. The number of para-hydroxylation sites is 1. The minimum absolute atomic E-state index is 0.101. The molecule has 1 amide bonds. The molecule has 0 fully saturated rings. The van der Waals surface area contributed by atoms with Crippen molar-refractivity contribution in [2.75, 3.05) is 17.3 Å². The number of alkyl halides is 1. The molecule has 0 aromatic heterocycles. The first kappa shape index (κ1) is 9.87. The molecule has 1 aliphatic heterocycles. The van der Waals surface area contributed by atoms with E-state index in [-0.39, 0.29) is 5.24 Å². The summed E-state index contributed by atoms with van der Waals surface area (Å²) in [5.41, 5.74) is 2.22. The van der Waals surface area contributed by atoms with E-state index in [4.69, 9.17) is 11.6 Å². The fourth-order valence-electron chi connectivity index (χ4n) is 1.51. The molecule has 0 atom stereocenters. The zero-order valence-corrected chi connectivity index (χ0v) is 9.14. The van der Waals surface area contributed by atoms with Gasteiger partial charge in [-0.3, -0.25) is 4.79 Å². The predicted octanol–water partition coefficient (Wildman–Crippen LogP) is 3.10. The van der Waals surface area contributed by atoms with Gasteiger partial charge < -0.3 is 4.90 Å². The first-order valence-electron chi connectivity index (χ1n) is 4.41. The Bertz CT molecular complexity index is 356. The van der Waals surface area contributed by atoms with E-state index in [1.54, 1.807) is 4.90 Å². The summed E-state index contributed by atoms with van der Waals surface area (Å²) in [5, 5.41) is 0.101. The van der Waals surface area contributed by atoms with E-state index in [1.165, 1.54) is 17.3 Å². The van der Waals surface area contributed by atoms with Gasteiger partial charge >= 0.3 is 0 Å². The summed E-state index contributed by atoms with van der Waals surface area (Å²) in [6.07, 6.45) is 0. The van der Waals surface area contributed by atoms with Crippen LogP contribution in [0, 0.1) is 0 Å². The topological polar surface area (TPSA) is 20.3 Å². The van der Waals surface area contributed by atoms with Gasteiger partial charge in [0.1, 0.15) is 0 Å². The van der Waals surface area contributed by atoms with E-state index < -0.39 is 0 Å². The molecule has 0 unspecified atom stereocenters. The first-order valence-corrected chi connectivity index (χ1v) is 5.93. The highest BCUT2D eigenvalue weighted by Gasteiger charge is 2.23. The van der Waals surface area contributed by atoms with E-state index in [0.29, 0.717) is 12.4 Å². The third kappa shape index (κ3) is 1.74. The number of thioether (sulfide) groups is 1. The zero-order chi connectivity index (χ0) is 9.97. The van der Waals surface area contributed by atoms with Crippen molar-refractivity contribution in [3.8, 4) is 0 Å². The van der Waals surface area contributed by atoms with Crippen LogP contribution in [-0.2, 0) is 5.75 Å². The van der Waals surface area contributed by atoms with E-state index in [0.717, 1.165) is 11.4 Å². The molecule has 1 aromatic carbocycles. The molecule has 14 heavy (non-hydrogen) atoms. The number of fused-ring (bicyclic) bond motifs is 1. The van der Waals surface area contributed by atoms with E-state index in [9.17, 15) is 4.79 Å². The van der Waals surface area contributed by atoms with Crippen LogP contribution >= 0.6 is 23.4 Å². The quantitative estimate of drug-likeness (QED) is 0.724. The van der Waals surface area contributed by atoms with Gasteiger partial charge in [0.2, 0.25) is 0 Å². The van der Waals surface area contributed by atoms with Crippen LogP contribution in [0.15, 0.2) is 24.3 Å². The van der Waals surface area contributed by atoms with Crippen molar-refractivity contribution < 1.29 is 4.79 Å². The summed E-state index contributed by atoms with van der Waals surface area (Å²) in [5.74, 6) is 1.24. The molecule has 2 rings (SSSR count). The monoisotopic (exact) mass is 227 g/mol. The second-order valence-electron chi connectivity index (χ2n) is 3.02. The fraction of sp³-hybridized carbons (Fsp3) is 0.300. The molecule has 0 saturated heterocycles. The summed E-state index contributed by atoms with van der Waals surface area (Å²) in [4.78, 5) is 13.3. The van der Waals surface area contributed by atoms with Gasteiger partial charge in [-0.25, -0.2) is 0 Å². The maximum absolute atomic E-state index is 11.6. The van der Waals surface area contributed by atoms with Crippen molar-refractivity contribution >= 4 is 34.3 Å². The van der Waals surface area contributed by atoms with Crippen LogP contribution < -0.4 is 4.90 Å². The lowest BCUT2D eigenvalue weighted by Crippen LogP contribution is -2.32. The number of rotatable bonds is 2. The highest BCUT2D eigenvalue weighted by Crippen LogP contribution is 2.32. The second kappa shape index (κ2) is 4.24. The Morgan fingerprint density at radius 2 is 2.21 bits per heavy atom. The Hall–Kier alpha value is -0.670. The maximum atomic E-state index is 11.6. The molecule has 0 saturated carbocycles. The maximum Gasteiger partial charge on any atom is 0.286 e.